The number of benzene rings is 2. The van der Waals surface area contributed by atoms with Gasteiger partial charge in [0, 0.05) is 9.58 Å². The molecule has 1 aromatic heterocycles. The lowest BCUT2D eigenvalue weighted by Crippen LogP contribution is -2.11. The van der Waals surface area contributed by atoms with Gasteiger partial charge in [0.15, 0.2) is 0 Å². The van der Waals surface area contributed by atoms with E-state index in [-0.39, 0.29) is 6.04 Å². The first-order valence-corrected chi connectivity index (χ1v) is 6.87. The van der Waals surface area contributed by atoms with Gasteiger partial charge in [0.2, 0.25) is 0 Å². The number of hydrogen-bond acceptors (Lipinski definition) is 2. The Morgan fingerprint density at radius 2 is 1.72 bits per heavy atom. The summed E-state index contributed by atoms with van der Waals surface area (Å²) >= 11 is 1.78. The third kappa shape index (κ3) is 1.94. The number of aryl methyl sites for hydroxylation is 1. The molecule has 0 radical (unpaired) electrons. The minimum atomic E-state index is -0.0244. The fourth-order valence-electron chi connectivity index (χ4n) is 2.24. The van der Waals surface area contributed by atoms with E-state index in [2.05, 4.69) is 61.5 Å². The zero-order valence-corrected chi connectivity index (χ0v) is 11.1. The molecule has 1 heterocycles. The Balaban J connectivity index is 2.07. The molecule has 2 heteroatoms. The van der Waals surface area contributed by atoms with E-state index in [1.54, 1.807) is 11.3 Å². The van der Waals surface area contributed by atoms with Crippen LogP contribution in [0.5, 0.6) is 0 Å². The van der Waals surface area contributed by atoms with Crippen LogP contribution in [0.2, 0.25) is 0 Å². The minimum absolute atomic E-state index is 0.0244. The quantitative estimate of drug-likeness (QED) is 0.725. The Bertz CT molecular complexity index is 651. The third-order valence-electron chi connectivity index (χ3n) is 3.27. The van der Waals surface area contributed by atoms with Crippen LogP contribution >= 0.6 is 11.3 Å². The van der Waals surface area contributed by atoms with Crippen LogP contribution in [0.25, 0.3) is 10.1 Å². The van der Waals surface area contributed by atoms with Crippen LogP contribution in [0, 0.1) is 6.92 Å². The lowest BCUT2D eigenvalue weighted by Gasteiger charge is -2.12. The molecule has 0 saturated carbocycles. The molecule has 2 N–H and O–H groups in total. The number of fused-ring (bicyclic) bond motifs is 1. The highest BCUT2D eigenvalue weighted by Crippen LogP contribution is 2.32. The second-order valence-corrected chi connectivity index (χ2v) is 5.64. The van der Waals surface area contributed by atoms with Crippen molar-refractivity contribution in [3.63, 3.8) is 0 Å². The fraction of sp³-hybridized carbons (Fsp3) is 0.125. The first-order valence-electron chi connectivity index (χ1n) is 6.05. The van der Waals surface area contributed by atoms with E-state index in [0.29, 0.717) is 0 Å². The standard InChI is InChI=1S/C16H15NS/c1-11-6-2-4-8-13(11)16(17)15-10-12-7-3-5-9-14(12)18-15/h2-10,16H,17H2,1H3. The van der Waals surface area contributed by atoms with Crippen molar-refractivity contribution < 1.29 is 0 Å². The summed E-state index contributed by atoms with van der Waals surface area (Å²) in [5, 5.41) is 1.28. The molecule has 0 bridgehead atoms. The van der Waals surface area contributed by atoms with Crippen molar-refractivity contribution in [2.75, 3.05) is 0 Å². The topological polar surface area (TPSA) is 26.0 Å². The molecule has 1 nitrogen and oxygen atoms in total. The van der Waals surface area contributed by atoms with E-state index < -0.39 is 0 Å². The van der Waals surface area contributed by atoms with Gasteiger partial charge in [-0.3, -0.25) is 0 Å². The van der Waals surface area contributed by atoms with Gasteiger partial charge in [0.1, 0.15) is 0 Å². The van der Waals surface area contributed by atoms with Gasteiger partial charge in [-0.1, -0.05) is 42.5 Å². The zero-order valence-electron chi connectivity index (χ0n) is 10.3. The minimum Gasteiger partial charge on any atom is -0.320 e. The van der Waals surface area contributed by atoms with Crippen LogP contribution < -0.4 is 5.73 Å². The van der Waals surface area contributed by atoms with Crippen molar-refractivity contribution in [2.24, 2.45) is 5.73 Å². The maximum atomic E-state index is 6.39. The molecule has 0 aliphatic rings. The van der Waals surface area contributed by atoms with Gasteiger partial charge in [-0.05, 0) is 35.6 Å². The molecule has 2 aromatic carbocycles. The Labute approximate surface area is 111 Å². The second-order valence-electron chi connectivity index (χ2n) is 4.52. The van der Waals surface area contributed by atoms with Gasteiger partial charge in [-0.2, -0.15) is 0 Å². The highest BCUT2D eigenvalue weighted by Gasteiger charge is 2.13. The predicted octanol–water partition coefficient (Wildman–Crippen LogP) is 4.26. The molecule has 0 fully saturated rings. The van der Waals surface area contributed by atoms with E-state index >= 15 is 0 Å². The molecule has 90 valence electrons. The molecule has 3 aromatic rings. The molecular formula is C16H15NS. The molecule has 0 aliphatic carbocycles. The summed E-state index contributed by atoms with van der Waals surface area (Å²) in [4.78, 5) is 1.23. The number of rotatable bonds is 2. The van der Waals surface area contributed by atoms with Gasteiger partial charge in [0.25, 0.3) is 0 Å². The van der Waals surface area contributed by atoms with Crippen molar-refractivity contribution in [1.29, 1.82) is 0 Å². The van der Waals surface area contributed by atoms with Crippen LogP contribution in [-0.4, -0.2) is 0 Å². The molecule has 0 amide bonds. The fourth-order valence-corrected chi connectivity index (χ4v) is 3.33. The summed E-state index contributed by atoms with van der Waals surface area (Å²) < 4.78 is 1.30. The number of thiophene rings is 1. The average Bonchev–Trinajstić information content (AvgIpc) is 2.82. The van der Waals surface area contributed by atoms with E-state index in [9.17, 15) is 0 Å². The highest BCUT2D eigenvalue weighted by atomic mass is 32.1. The van der Waals surface area contributed by atoms with Crippen molar-refractivity contribution in [1.82, 2.24) is 0 Å². The van der Waals surface area contributed by atoms with Crippen molar-refractivity contribution >= 4 is 21.4 Å². The van der Waals surface area contributed by atoms with E-state index in [1.165, 1.54) is 26.1 Å². The maximum absolute atomic E-state index is 6.39. The molecule has 0 saturated heterocycles. The van der Waals surface area contributed by atoms with Gasteiger partial charge in [-0.15, -0.1) is 11.3 Å². The third-order valence-corrected chi connectivity index (χ3v) is 4.47. The van der Waals surface area contributed by atoms with E-state index in [1.807, 2.05) is 0 Å². The van der Waals surface area contributed by atoms with Crippen LogP contribution in [0.3, 0.4) is 0 Å². The lowest BCUT2D eigenvalue weighted by molar-refractivity contribution is 0.883. The summed E-state index contributed by atoms with van der Waals surface area (Å²) in [7, 11) is 0. The first-order chi connectivity index (χ1) is 8.75. The Hall–Kier alpha value is -1.64. The van der Waals surface area contributed by atoms with Gasteiger partial charge in [-0.25, -0.2) is 0 Å². The van der Waals surface area contributed by atoms with E-state index in [4.69, 9.17) is 5.73 Å². The predicted molar refractivity (Wildman–Crippen MR) is 79.0 cm³/mol. The maximum Gasteiger partial charge on any atom is 0.0649 e. The van der Waals surface area contributed by atoms with Crippen LogP contribution in [-0.2, 0) is 0 Å². The Kier molecular flexibility index (Phi) is 2.90. The first kappa shape index (κ1) is 11.5. The highest BCUT2D eigenvalue weighted by molar-refractivity contribution is 7.19. The summed E-state index contributed by atoms with van der Waals surface area (Å²) in [5.41, 5.74) is 8.86. The van der Waals surface area contributed by atoms with Crippen molar-refractivity contribution in [3.8, 4) is 0 Å². The molecule has 0 spiro atoms. The van der Waals surface area contributed by atoms with Gasteiger partial charge in [0.05, 0.1) is 6.04 Å². The Morgan fingerprint density at radius 1 is 1.00 bits per heavy atom. The van der Waals surface area contributed by atoms with Crippen molar-refractivity contribution in [3.05, 3.63) is 70.6 Å². The molecule has 18 heavy (non-hydrogen) atoms. The molecule has 0 aliphatic heterocycles. The lowest BCUT2D eigenvalue weighted by atomic mass is 10.0. The van der Waals surface area contributed by atoms with Crippen molar-refractivity contribution in [2.45, 2.75) is 13.0 Å². The van der Waals surface area contributed by atoms with Gasteiger partial charge < -0.3 is 5.73 Å². The molecule has 1 atom stereocenters. The number of hydrogen-bond donors (Lipinski definition) is 1. The molecule has 3 rings (SSSR count). The van der Waals surface area contributed by atoms with Gasteiger partial charge >= 0.3 is 0 Å². The average molecular weight is 253 g/mol. The SMILES string of the molecule is Cc1ccccc1C(N)c1cc2ccccc2s1. The normalized spacial score (nSPS) is 12.8. The van der Waals surface area contributed by atoms with Crippen LogP contribution in [0.15, 0.2) is 54.6 Å². The smallest absolute Gasteiger partial charge is 0.0649 e. The summed E-state index contributed by atoms with van der Waals surface area (Å²) in [6.45, 7) is 2.11. The van der Waals surface area contributed by atoms with Crippen LogP contribution in [0.4, 0.5) is 0 Å². The summed E-state index contributed by atoms with van der Waals surface area (Å²) in [6.07, 6.45) is 0. The monoisotopic (exact) mass is 253 g/mol. The summed E-state index contributed by atoms with van der Waals surface area (Å²) in [6, 6.07) is 18.9. The zero-order chi connectivity index (χ0) is 12.5. The molecular weight excluding hydrogens is 238 g/mol. The largest absolute Gasteiger partial charge is 0.320 e. The number of nitrogens with two attached hydrogens (primary N) is 1. The van der Waals surface area contributed by atoms with Crippen LogP contribution in [0.1, 0.15) is 22.0 Å². The van der Waals surface area contributed by atoms with E-state index in [0.717, 1.165) is 0 Å². The second kappa shape index (κ2) is 4.56. The molecule has 1 unspecified atom stereocenters. The Morgan fingerprint density at radius 3 is 2.50 bits per heavy atom. The summed E-state index contributed by atoms with van der Waals surface area (Å²) in [5.74, 6) is 0.